The van der Waals surface area contributed by atoms with Crippen LogP contribution in [0.1, 0.15) is 52.0 Å². The molecule has 0 aromatic heterocycles. The zero-order valence-electron chi connectivity index (χ0n) is 12.4. The van der Waals surface area contributed by atoms with E-state index >= 15 is 0 Å². The summed E-state index contributed by atoms with van der Waals surface area (Å²) < 4.78 is 5.74. The second kappa shape index (κ2) is 8.11. The fourth-order valence-corrected chi connectivity index (χ4v) is 2.53. The molecule has 0 spiro atoms. The molecule has 0 aliphatic heterocycles. The number of hydrogen-bond donors (Lipinski definition) is 0. The molecule has 19 heavy (non-hydrogen) atoms. The van der Waals surface area contributed by atoms with Crippen molar-refractivity contribution in [3.63, 3.8) is 0 Å². The summed E-state index contributed by atoms with van der Waals surface area (Å²) in [5.74, 6) is 0.260. The first-order valence-electron chi connectivity index (χ1n) is 7.39. The topological polar surface area (TPSA) is 26.3 Å². The maximum absolute atomic E-state index is 12.4. The number of rotatable bonds is 9. The highest BCUT2D eigenvalue weighted by Crippen LogP contribution is 2.24. The molecule has 0 N–H and O–H groups in total. The number of aryl methyl sites for hydroxylation is 1. The molecule has 0 saturated carbocycles. The predicted molar refractivity (Wildman–Crippen MR) is 79.3 cm³/mol. The third-order valence-corrected chi connectivity index (χ3v) is 3.78. The summed E-state index contributed by atoms with van der Waals surface area (Å²) in [6, 6.07) is 10.3. The molecule has 0 unspecified atom stereocenters. The largest absolute Gasteiger partial charge is 0.368 e. The van der Waals surface area contributed by atoms with Crippen LogP contribution in [0.25, 0.3) is 0 Å². The molecular weight excluding hydrogens is 236 g/mol. The van der Waals surface area contributed by atoms with E-state index in [1.807, 2.05) is 39.0 Å². The zero-order valence-corrected chi connectivity index (χ0v) is 12.4. The lowest BCUT2D eigenvalue weighted by molar-refractivity contribution is -0.145. The van der Waals surface area contributed by atoms with E-state index in [0.29, 0.717) is 13.0 Å². The van der Waals surface area contributed by atoms with Crippen LogP contribution in [-0.4, -0.2) is 18.0 Å². The minimum atomic E-state index is -0.550. The van der Waals surface area contributed by atoms with Gasteiger partial charge in [0.1, 0.15) is 5.60 Å². The second-order valence-corrected chi connectivity index (χ2v) is 4.90. The van der Waals surface area contributed by atoms with Gasteiger partial charge in [-0.2, -0.15) is 0 Å². The van der Waals surface area contributed by atoms with Crippen LogP contribution in [0.15, 0.2) is 30.3 Å². The molecule has 0 amide bonds. The zero-order chi connectivity index (χ0) is 14.1. The summed E-state index contributed by atoms with van der Waals surface area (Å²) in [7, 11) is 0. The monoisotopic (exact) mass is 262 g/mol. The third-order valence-electron chi connectivity index (χ3n) is 3.78. The van der Waals surface area contributed by atoms with E-state index < -0.39 is 5.60 Å². The Morgan fingerprint density at radius 3 is 2.26 bits per heavy atom. The Balaban J connectivity index is 2.49. The maximum Gasteiger partial charge on any atom is 0.164 e. The number of carbonyl (C=O) groups excluding carboxylic acids is 1. The van der Waals surface area contributed by atoms with Gasteiger partial charge in [-0.05, 0) is 38.2 Å². The van der Waals surface area contributed by atoms with Crippen molar-refractivity contribution in [1.82, 2.24) is 0 Å². The highest BCUT2D eigenvalue weighted by atomic mass is 16.5. The van der Waals surface area contributed by atoms with E-state index in [4.69, 9.17) is 4.74 Å². The van der Waals surface area contributed by atoms with E-state index in [9.17, 15) is 4.79 Å². The fourth-order valence-electron chi connectivity index (χ4n) is 2.53. The Bertz CT molecular complexity index is 366. The molecule has 0 aliphatic carbocycles. The Morgan fingerprint density at radius 1 is 1.11 bits per heavy atom. The molecule has 2 nitrogen and oxygen atoms in total. The number of hydrogen-bond acceptors (Lipinski definition) is 2. The average molecular weight is 262 g/mol. The maximum atomic E-state index is 12.4. The van der Waals surface area contributed by atoms with Crippen LogP contribution in [0, 0.1) is 0 Å². The van der Waals surface area contributed by atoms with E-state index in [1.165, 1.54) is 5.56 Å². The molecule has 1 rings (SSSR count). The summed E-state index contributed by atoms with van der Waals surface area (Å²) in [4.78, 5) is 12.4. The lowest BCUT2D eigenvalue weighted by Crippen LogP contribution is -2.40. The van der Waals surface area contributed by atoms with Gasteiger partial charge >= 0.3 is 0 Å². The molecule has 0 heterocycles. The van der Waals surface area contributed by atoms with E-state index in [-0.39, 0.29) is 5.78 Å². The van der Waals surface area contributed by atoms with E-state index in [1.54, 1.807) is 0 Å². The van der Waals surface area contributed by atoms with Crippen LogP contribution in [-0.2, 0) is 16.0 Å². The van der Waals surface area contributed by atoms with Crippen molar-refractivity contribution >= 4 is 5.78 Å². The second-order valence-electron chi connectivity index (χ2n) is 4.90. The molecule has 0 aliphatic rings. The molecular formula is C17H26O2. The van der Waals surface area contributed by atoms with Crippen LogP contribution >= 0.6 is 0 Å². The number of Topliss-reactive ketones (excluding diaryl/α,β-unsaturated/α-hetero) is 1. The Labute approximate surface area is 117 Å². The molecule has 0 radical (unpaired) electrons. The van der Waals surface area contributed by atoms with Crippen LogP contribution < -0.4 is 0 Å². The smallest absolute Gasteiger partial charge is 0.164 e. The first-order chi connectivity index (χ1) is 9.18. The summed E-state index contributed by atoms with van der Waals surface area (Å²) >= 11 is 0. The number of benzene rings is 1. The van der Waals surface area contributed by atoms with Gasteiger partial charge in [0.2, 0.25) is 0 Å². The van der Waals surface area contributed by atoms with Crippen molar-refractivity contribution < 1.29 is 9.53 Å². The summed E-state index contributed by atoms with van der Waals surface area (Å²) in [6.07, 6.45) is 4.00. The number of carbonyl (C=O) groups is 1. The number of ether oxygens (including phenoxy) is 1. The van der Waals surface area contributed by atoms with E-state index in [2.05, 4.69) is 12.1 Å². The van der Waals surface area contributed by atoms with Crippen molar-refractivity contribution in [2.24, 2.45) is 0 Å². The van der Waals surface area contributed by atoms with Crippen molar-refractivity contribution in [3.05, 3.63) is 35.9 Å². The van der Waals surface area contributed by atoms with Crippen molar-refractivity contribution in [2.45, 2.75) is 58.5 Å². The minimum Gasteiger partial charge on any atom is -0.368 e. The molecule has 106 valence electrons. The van der Waals surface area contributed by atoms with Gasteiger partial charge in [0.15, 0.2) is 5.78 Å². The predicted octanol–water partition coefficient (Wildman–Crippen LogP) is 4.17. The van der Waals surface area contributed by atoms with Crippen LogP contribution in [0.4, 0.5) is 0 Å². The van der Waals surface area contributed by atoms with Crippen molar-refractivity contribution in [1.29, 1.82) is 0 Å². The lowest BCUT2D eigenvalue weighted by atomic mass is 9.88. The summed E-state index contributed by atoms with van der Waals surface area (Å²) in [6.45, 7) is 6.63. The van der Waals surface area contributed by atoms with Gasteiger partial charge in [0.25, 0.3) is 0 Å². The normalized spacial score (nSPS) is 11.5. The van der Waals surface area contributed by atoms with Gasteiger partial charge in [0, 0.05) is 13.0 Å². The number of ketones is 1. The van der Waals surface area contributed by atoms with Crippen LogP contribution in [0.3, 0.4) is 0 Å². The van der Waals surface area contributed by atoms with Gasteiger partial charge in [-0.15, -0.1) is 0 Å². The molecule has 0 bridgehead atoms. The Kier molecular flexibility index (Phi) is 6.79. The van der Waals surface area contributed by atoms with Gasteiger partial charge in [-0.1, -0.05) is 44.2 Å². The minimum absolute atomic E-state index is 0.260. The molecule has 1 aromatic carbocycles. The molecule has 0 atom stereocenters. The van der Waals surface area contributed by atoms with Gasteiger partial charge in [-0.3, -0.25) is 4.79 Å². The molecule has 2 heteroatoms. The van der Waals surface area contributed by atoms with Crippen LogP contribution in [0.5, 0.6) is 0 Å². The average Bonchev–Trinajstić information content (AvgIpc) is 2.46. The van der Waals surface area contributed by atoms with Crippen molar-refractivity contribution in [2.75, 3.05) is 6.61 Å². The van der Waals surface area contributed by atoms with Crippen molar-refractivity contribution in [3.8, 4) is 0 Å². The molecule has 0 fully saturated rings. The van der Waals surface area contributed by atoms with Crippen LogP contribution in [0.2, 0.25) is 0 Å². The SMILES string of the molecule is CCOC(CC)(CC)C(=O)CCCc1ccccc1. The third kappa shape index (κ3) is 4.46. The first kappa shape index (κ1) is 15.9. The fraction of sp³-hybridized carbons (Fsp3) is 0.588. The summed E-state index contributed by atoms with van der Waals surface area (Å²) in [5, 5.41) is 0. The van der Waals surface area contributed by atoms with Gasteiger partial charge in [0.05, 0.1) is 0 Å². The highest BCUT2D eigenvalue weighted by Gasteiger charge is 2.34. The quantitative estimate of drug-likeness (QED) is 0.667. The highest BCUT2D eigenvalue weighted by molar-refractivity contribution is 5.87. The van der Waals surface area contributed by atoms with Gasteiger partial charge < -0.3 is 4.74 Å². The molecule has 1 aromatic rings. The van der Waals surface area contributed by atoms with E-state index in [0.717, 1.165) is 25.7 Å². The first-order valence-corrected chi connectivity index (χ1v) is 7.39. The Morgan fingerprint density at radius 2 is 1.74 bits per heavy atom. The Hall–Kier alpha value is -1.15. The summed E-state index contributed by atoms with van der Waals surface area (Å²) in [5.41, 5.74) is 0.746. The molecule has 0 saturated heterocycles. The standard InChI is InChI=1S/C17H26O2/c1-4-17(5-2,19-6-3)16(18)14-10-13-15-11-8-7-9-12-15/h7-9,11-12H,4-6,10,13-14H2,1-3H3. The van der Waals surface area contributed by atoms with Gasteiger partial charge in [-0.25, -0.2) is 0 Å². The lowest BCUT2D eigenvalue weighted by Gasteiger charge is -2.30.